The Kier molecular flexibility index (Phi) is 4.04. The zero-order valence-corrected chi connectivity index (χ0v) is 13.0. The lowest BCUT2D eigenvalue weighted by Gasteiger charge is -2.11. The molecule has 0 aromatic heterocycles. The highest BCUT2D eigenvalue weighted by Crippen LogP contribution is 2.42. The Labute approximate surface area is 137 Å². The van der Waals surface area contributed by atoms with Crippen LogP contribution in [0.3, 0.4) is 0 Å². The molecule has 0 aliphatic carbocycles. The quantitative estimate of drug-likeness (QED) is 0.814. The highest BCUT2D eigenvalue weighted by atomic mass is 32.1. The van der Waals surface area contributed by atoms with Crippen molar-refractivity contribution in [2.24, 2.45) is 0 Å². The summed E-state index contributed by atoms with van der Waals surface area (Å²) in [5.74, 6) is -0.0362. The molecule has 0 bridgehead atoms. The average molecular weight is 336 g/mol. The molecule has 0 spiro atoms. The van der Waals surface area contributed by atoms with Gasteiger partial charge in [-0.25, -0.2) is 0 Å². The molecule has 0 saturated heterocycles. The van der Waals surface area contributed by atoms with E-state index in [0.717, 1.165) is 12.1 Å². The molecule has 0 fully saturated rings. The van der Waals surface area contributed by atoms with Crippen LogP contribution in [-0.2, 0) is 6.42 Å². The first kappa shape index (κ1) is 15.5. The van der Waals surface area contributed by atoms with E-state index in [9.17, 15) is 8.78 Å². The minimum atomic E-state index is -3.62. The standard InChI is InChI=1S/C16H14F2N2O2S/c1-2-10-4-3-5-11(8-10)19-15(23)20-12-6-7-13-14(9-12)22-16(17,18)21-13/h3-9H,2H2,1H3,(H2,19,20,23). The van der Waals surface area contributed by atoms with E-state index in [1.165, 1.54) is 17.7 Å². The molecule has 2 aromatic carbocycles. The normalized spacial score (nSPS) is 14.4. The number of halogens is 2. The summed E-state index contributed by atoms with van der Waals surface area (Å²) >= 11 is 5.23. The monoisotopic (exact) mass is 336 g/mol. The Hall–Kier alpha value is -2.41. The Bertz CT molecular complexity index is 753. The first-order valence-electron chi connectivity index (χ1n) is 7.02. The molecule has 2 aromatic rings. The zero-order chi connectivity index (χ0) is 16.4. The van der Waals surface area contributed by atoms with E-state index in [1.54, 1.807) is 6.07 Å². The topological polar surface area (TPSA) is 42.5 Å². The van der Waals surface area contributed by atoms with Gasteiger partial charge in [0.1, 0.15) is 0 Å². The largest absolute Gasteiger partial charge is 0.586 e. The maximum absolute atomic E-state index is 13.0. The lowest BCUT2D eigenvalue weighted by atomic mass is 10.1. The highest BCUT2D eigenvalue weighted by Gasteiger charge is 2.43. The van der Waals surface area contributed by atoms with Gasteiger partial charge in [0.25, 0.3) is 0 Å². The molecule has 3 rings (SSSR count). The number of ether oxygens (including phenoxy) is 2. The van der Waals surface area contributed by atoms with Gasteiger partial charge < -0.3 is 20.1 Å². The van der Waals surface area contributed by atoms with Crippen LogP contribution in [0.4, 0.5) is 20.2 Å². The van der Waals surface area contributed by atoms with Crippen LogP contribution in [0.15, 0.2) is 42.5 Å². The van der Waals surface area contributed by atoms with Crippen molar-refractivity contribution in [2.45, 2.75) is 19.6 Å². The third-order valence-electron chi connectivity index (χ3n) is 3.25. The van der Waals surface area contributed by atoms with Gasteiger partial charge in [-0.15, -0.1) is 8.78 Å². The van der Waals surface area contributed by atoms with Crippen molar-refractivity contribution in [3.63, 3.8) is 0 Å². The third kappa shape index (κ3) is 3.68. The van der Waals surface area contributed by atoms with Crippen LogP contribution in [0, 0.1) is 0 Å². The minimum Gasteiger partial charge on any atom is -0.395 e. The second-order valence-electron chi connectivity index (χ2n) is 4.96. The third-order valence-corrected chi connectivity index (χ3v) is 3.46. The zero-order valence-electron chi connectivity index (χ0n) is 12.2. The molecule has 1 heterocycles. The van der Waals surface area contributed by atoms with Gasteiger partial charge in [-0.05, 0) is 48.5 Å². The molecule has 0 amide bonds. The van der Waals surface area contributed by atoms with Crippen LogP contribution in [0.1, 0.15) is 12.5 Å². The lowest BCUT2D eigenvalue weighted by Crippen LogP contribution is -2.25. The second-order valence-corrected chi connectivity index (χ2v) is 5.37. The van der Waals surface area contributed by atoms with E-state index in [-0.39, 0.29) is 11.5 Å². The molecule has 0 atom stereocenters. The lowest BCUT2D eigenvalue weighted by molar-refractivity contribution is -0.286. The summed E-state index contributed by atoms with van der Waals surface area (Å²) in [6, 6.07) is 12.2. The second kappa shape index (κ2) is 6.00. The minimum absolute atomic E-state index is 0.00456. The molecule has 0 saturated carbocycles. The molecule has 7 heteroatoms. The van der Waals surface area contributed by atoms with Crippen molar-refractivity contribution < 1.29 is 18.3 Å². The fraction of sp³-hybridized carbons (Fsp3) is 0.188. The molecule has 120 valence electrons. The number of thiocarbonyl (C=S) groups is 1. The number of hydrogen-bond donors (Lipinski definition) is 2. The van der Waals surface area contributed by atoms with Crippen molar-refractivity contribution in [3.05, 3.63) is 48.0 Å². The Morgan fingerprint density at radius 1 is 1.04 bits per heavy atom. The number of hydrogen-bond acceptors (Lipinski definition) is 3. The van der Waals surface area contributed by atoms with Crippen LogP contribution in [0.5, 0.6) is 11.5 Å². The van der Waals surface area contributed by atoms with Gasteiger partial charge in [0.15, 0.2) is 16.6 Å². The number of rotatable bonds is 3. The summed E-state index contributed by atoms with van der Waals surface area (Å²) in [5, 5.41) is 6.32. The van der Waals surface area contributed by atoms with E-state index in [1.807, 2.05) is 24.3 Å². The molecule has 4 nitrogen and oxygen atoms in total. The van der Waals surface area contributed by atoms with Gasteiger partial charge >= 0.3 is 6.29 Å². The van der Waals surface area contributed by atoms with Gasteiger partial charge in [0.05, 0.1) is 0 Å². The highest BCUT2D eigenvalue weighted by molar-refractivity contribution is 7.80. The van der Waals surface area contributed by atoms with Crippen molar-refractivity contribution >= 4 is 28.7 Å². The van der Waals surface area contributed by atoms with Crippen LogP contribution in [-0.4, -0.2) is 11.4 Å². The van der Waals surface area contributed by atoms with E-state index in [2.05, 4.69) is 27.0 Å². The van der Waals surface area contributed by atoms with Gasteiger partial charge in [0.2, 0.25) is 0 Å². The molecular formula is C16H14F2N2O2S. The van der Waals surface area contributed by atoms with Crippen molar-refractivity contribution in [3.8, 4) is 11.5 Å². The van der Waals surface area contributed by atoms with Crippen LogP contribution < -0.4 is 20.1 Å². The summed E-state index contributed by atoms with van der Waals surface area (Å²) in [4.78, 5) is 0. The van der Waals surface area contributed by atoms with E-state index < -0.39 is 6.29 Å². The maximum atomic E-state index is 13.0. The van der Waals surface area contributed by atoms with Crippen molar-refractivity contribution in [1.82, 2.24) is 0 Å². The molecule has 23 heavy (non-hydrogen) atoms. The van der Waals surface area contributed by atoms with Crippen LogP contribution in [0.2, 0.25) is 0 Å². The summed E-state index contributed by atoms with van der Waals surface area (Å²) in [7, 11) is 0. The van der Waals surface area contributed by atoms with Crippen molar-refractivity contribution in [1.29, 1.82) is 0 Å². The number of benzene rings is 2. The van der Waals surface area contributed by atoms with Gasteiger partial charge in [0, 0.05) is 17.4 Å². The van der Waals surface area contributed by atoms with Gasteiger partial charge in [-0.3, -0.25) is 0 Å². The Balaban J connectivity index is 1.67. The molecular weight excluding hydrogens is 322 g/mol. The molecule has 1 aliphatic rings. The van der Waals surface area contributed by atoms with E-state index in [4.69, 9.17) is 12.2 Å². The Morgan fingerprint density at radius 3 is 2.48 bits per heavy atom. The smallest absolute Gasteiger partial charge is 0.395 e. The molecule has 1 aliphatic heterocycles. The number of alkyl halides is 2. The summed E-state index contributed by atoms with van der Waals surface area (Å²) < 4.78 is 34.7. The average Bonchev–Trinajstić information content (AvgIpc) is 2.80. The number of aryl methyl sites for hydroxylation is 1. The predicted octanol–water partition coefficient (Wildman–Crippen LogP) is 4.38. The number of fused-ring (bicyclic) bond motifs is 1. The summed E-state index contributed by atoms with van der Waals surface area (Å²) in [5.41, 5.74) is 2.56. The number of nitrogens with one attached hydrogen (secondary N) is 2. The van der Waals surface area contributed by atoms with E-state index >= 15 is 0 Å². The summed E-state index contributed by atoms with van der Waals surface area (Å²) in [6.45, 7) is 2.07. The molecule has 0 radical (unpaired) electrons. The Morgan fingerprint density at radius 2 is 1.74 bits per heavy atom. The first-order valence-corrected chi connectivity index (χ1v) is 7.43. The van der Waals surface area contributed by atoms with Crippen LogP contribution >= 0.6 is 12.2 Å². The predicted molar refractivity (Wildman–Crippen MR) is 88.3 cm³/mol. The SMILES string of the molecule is CCc1cccc(NC(=S)Nc2ccc3c(c2)OC(F)(F)O3)c1. The van der Waals surface area contributed by atoms with Gasteiger partial charge in [-0.1, -0.05) is 19.1 Å². The molecule has 0 unspecified atom stereocenters. The first-order chi connectivity index (χ1) is 10.9. The van der Waals surface area contributed by atoms with Gasteiger partial charge in [-0.2, -0.15) is 0 Å². The summed E-state index contributed by atoms with van der Waals surface area (Å²) in [6.07, 6.45) is -2.70. The van der Waals surface area contributed by atoms with Crippen LogP contribution in [0.25, 0.3) is 0 Å². The fourth-order valence-corrected chi connectivity index (χ4v) is 2.42. The number of anilines is 2. The maximum Gasteiger partial charge on any atom is 0.586 e. The fourth-order valence-electron chi connectivity index (χ4n) is 2.19. The molecule has 2 N–H and O–H groups in total. The van der Waals surface area contributed by atoms with Crippen molar-refractivity contribution in [2.75, 3.05) is 10.6 Å². The van der Waals surface area contributed by atoms with E-state index in [0.29, 0.717) is 10.8 Å².